The van der Waals surface area contributed by atoms with Gasteiger partial charge in [-0.1, -0.05) is 0 Å². The maximum Gasteiger partial charge on any atom is 0.410 e. The van der Waals surface area contributed by atoms with Crippen LogP contribution in [0.2, 0.25) is 0 Å². The van der Waals surface area contributed by atoms with Gasteiger partial charge in [-0.2, -0.15) is 0 Å². The topological polar surface area (TPSA) is 82.1 Å². The van der Waals surface area contributed by atoms with Gasteiger partial charge >= 0.3 is 6.09 Å². The van der Waals surface area contributed by atoms with E-state index in [0.29, 0.717) is 19.0 Å². The summed E-state index contributed by atoms with van der Waals surface area (Å²) in [5.41, 5.74) is 0.738. The molecule has 0 spiro atoms. The number of rotatable bonds is 5. The van der Waals surface area contributed by atoms with E-state index in [0.717, 1.165) is 37.1 Å². The molecule has 8 nitrogen and oxygen atoms in total. The summed E-state index contributed by atoms with van der Waals surface area (Å²) < 4.78 is 5.40. The number of halogens is 1. The van der Waals surface area contributed by atoms with Crippen LogP contribution in [0.25, 0.3) is 0 Å². The van der Waals surface area contributed by atoms with Gasteiger partial charge in [0.1, 0.15) is 5.60 Å². The molecule has 1 aromatic rings. The highest BCUT2D eigenvalue weighted by Gasteiger charge is 2.34. The summed E-state index contributed by atoms with van der Waals surface area (Å²) in [6.45, 7) is 13.1. The lowest BCUT2D eigenvalue weighted by atomic mass is 9.97. The fourth-order valence-corrected chi connectivity index (χ4v) is 4.34. The van der Waals surface area contributed by atoms with Crippen molar-refractivity contribution >= 4 is 47.4 Å². The Morgan fingerprint density at radius 2 is 2.00 bits per heavy atom. The average Bonchev–Trinajstić information content (AvgIpc) is 3.04. The Morgan fingerprint density at radius 1 is 1.32 bits per heavy atom. The van der Waals surface area contributed by atoms with Crippen molar-refractivity contribution < 1.29 is 9.53 Å². The van der Waals surface area contributed by atoms with Gasteiger partial charge in [-0.05, 0) is 59.5 Å². The zero-order chi connectivity index (χ0) is 21.7. The third kappa shape index (κ3) is 8.38. The number of likely N-dealkylation sites (tertiary alicyclic amines) is 2. The first kappa shape index (κ1) is 26.1. The molecule has 2 aliphatic heterocycles. The van der Waals surface area contributed by atoms with Crippen molar-refractivity contribution in [3.63, 3.8) is 0 Å². The SMILES string of the molecule is CN=C(NCC1CCN(Cc2csc(C)n2)CC1)NC1CN(C(=O)OC(C)(C)C)C1.I. The molecular formula is C21H37IN6O2S. The van der Waals surface area contributed by atoms with Gasteiger partial charge in [0.05, 0.1) is 16.7 Å². The predicted molar refractivity (Wildman–Crippen MR) is 136 cm³/mol. The monoisotopic (exact) mass is 564 g/mol. The summed E-state index contributed by atoms with van der Waals surface area (Å²) in [4.78, 5) is 25.2. The van der Waals surface area contributed by atoms with Crippen molar-refractivity contribution in [1.29, 1.82) is 0 Å². The molecule has 2 saturated heterocycles. The van der Waals surface area contributed by atoms with Gasteiger partial charge in [-0.15, -0.1) is 35.3 Å². The van der Waals surface area contributed by atoms with Crippen LogP contribution >= 0.6 is 35.3 Å². The Kier molecular flexibility index (Phi) is 9.81. The molecule has 0 radical (unpaired) electrons. The second-order valence-electron chi connectivity index (χ2n) is 9.26. The normalized spacial score (nSPS) is 18.9. The Labute approximate surface area is 207 Å². The van der Waals surface area contributed by atoms with Crippen LogP contribution in [-0.4, -0.2) is 78.3 Å². The lowest BCUT2D eigenvalue weighted by Crippen LogP contribution is -2.63. The zero-order valence-corrected chi connectivity index (χ0v) is 22.5. The van der Waals surface area contributed by atoms with Crippen LogP contribution in [0, 0.1) is 12.8 Å². The van der Waals surface area contributed by atoms with Crippen LogP contribution in [0.1, 0.15) is 44.3 Å². The van der Waals surface area contributed by atoms with E-state index < -0.39 is 5.60 Å². The maximum atomic E-state index is 12.0. The molecule has 0 saturated carbocycles. The highest BCUT2D eigenvalue weighted by atomic mass is 127. The first-order valence-electron chi connectivity index (χ1n) is 10.8. The Bertz CT molecular complexity index is 736. The van der Waals surface area contributed by atoms with E-state index in [2.05, 4.69) is 37.8 Å². The molecule has 3 rings (SSSR count). The minimum atomic E-state index is -0.456. The number of nitrogens with one attached hydrogen (secondary N) is 2. The number of aryl methyl sites for hydroxylation is 1. The molecule has 1 aromatic heterocycles. The lowest BCUT2D eigenvalue weighted by molar-refractivity contribution is 0.00700. The van der Waals surface area contributed by atoms with Gasteiger partial charge in [-0.25, -0.2) is 9.78 Å². The first-order chi connectivity index (χ1) is 14.2. The number of aliphatic imine (C=N–C) groups is 1. The van der Waals surface area contributed by atoms with Crippen molar-refractivity contribution in [2.45, 2.75) is 58.7 Å². The molecular weight excluding hydrogens is 527 g/mol. The smallest absolute Gasteiger partial charge is 0.410 e. The number of carbonyl (C=O) groups excluding carboxylic acids is 1. The van der Waals surface area contributed by atoms with Gasteiger partial charge in [-0.3, -0.25) is 9.89 Å². The summed E-state index contributed by atoms with van der Waals surface area (Å²) in [6.07, 6.45) is 2.12. The summed E-state index contributed by atoms with van der Waals surface area (Å²) in [5.74, 6) is 1.46. The van der Waals surface area contributed by atoms with Crippen molar-refractivity contribution in [3.8, 4) is 0 Å². The zero-order valence-electron chi connectivity index (χ0n) is 19.3. The summed E-state index contributed by atoms with van der Waals surface area (Å²) in [5, 5.41) is 10.2. The van der Waals surface area contributed by atoms with Crippen LogP contribution in [0.4, 0.5) is 4.79 Å². The van der Waals surface area contributed by atoms with Crippen molar-refractivity contribution in [2.75, 3.05) is 39.8 Å². The van der Waals surface area contributed by atoms with E-state index >= 15 is 0 Å². The highest BCUT2D eigenvalue weighted by Crippen LogP contribution is 2.19. The Hall–Kier alpha value is -1.14. The van der Waals surface area contributed by atoms with Crippen LogP contribution in [0.5, 0.6) is 0 Å². The molecule has 176 valence electrons. The van der Waals surface area contributed by atoms with E-state index in [9.17, 15) is 4.79 Å². The standard InChI is InChI=1S/C21H36N6O2S.HI/c1-15-24-18(14-30-15)11-26-8-6-16(7-9-26)10-23-19(22-5)25-17-12-27(13-17)20(28)29-21(2,3)4;/h14,16-17H,6-13H2,1-5H3,(H2,22,23,25);1H. The van der Waals surface area contributed by atoms with E-state index in [1.54, 1.807) is 23.3 Å². The fraction of sp³-hybridized carbons (Fsp3) is 0.762. The van der Waals surface area contributed by atoms with Gasteiger partial charge in [0.15, 0.2) is 5.96 Å². The van der Waals surface area contributed by atoms with Gasteiger partial charge in [0, 0.05) is 38.6 Å². The second-order valence-corrected chi connectivity index (χ2v) is 10.3. The van der Waals surface area contributed by atoms with Crippen LogP contribution in [0.3, 0.4) is 0 Å². The van der Waals surface area contributed by atoms with E-state index in [1.165, 1.54) is 18.5 Å². The van der Waals surface area contributed by atoms with E-state index in [-0.39, 0.29) is 36.1 Å². The van der Waals surface area contributed by atoms with Crippen LogP contribution in [-0.2, 0) is 11.3 Å². The third-order valence-electron chi connectivity index (χ3n) is 5.42. The minimum absolute atomic E-state index is 0. The lowest BCUT2D eigenvalue weighted by Gasteiger charge is -2.40. The quantitative estimate of drug-likeness (QED) is 0.325. The maximum absolute atomic E-state index is 12.0. The molecule has 0 unspecified atom stereocenters. The number of guanidine groups is 1. The number of hydrogen-bond donors (Lipinski definition) is 2. The van der Waals surface area contributed by atoms with Gasteiger partial charge in [0.2, 0.25) is 0 Å². The second kappa shape index (κ2) is 11.6. The molecule has 10 heteroatoms. The summed E-state index contributed by atoms with van der Waals surface area (Å²) >= 11 is 1.73. The third-order valence-corrected chi connectivity index (χ3v) is 6.24. The fourth-order valence-electron chi connectivity index (χ4n) is 3.73. The average molecular weight is 565 g/mol. The Morgan fingerprint density at radius 3 is 2.55 bits per heavy atom. The molecule has 0 bridgehead atoms. The Balaban J connectivity index is 0.00000341. The predicted octanol–water partition coefficient (Wildman–Crippen LogP) is 3.07. The first-order valence-corrected chi connectivity index (χ1v) is 11.7. The van der Waals surface area contributed by atoms with Crippen molar-refractivity contribution in [1.82, 2.24) is 25.4 Å². The number of carbonyl (C=O) groups is 1. The van der Waals surface area contributed by atoms with Gasteiger partial charge < -0.3 is 20.3 Å². The molecule has 2 aliphatic rings. The molecule has 2 N–H and O–H groups in total. The number of ether oxygens (including phenoxy) is 1. The number of thiazole rings is 1. The van der Waals surface area contributed by atoms with Crippen molar-refractivity contribution in [3.05, 3.63) is 16.1 Å². The minimum Gasteiger partial charge on any atom is -0.444 e. The highest BCUT2D eigenvalue weighted by molar-refractivity contribution is 14.0. The van der Waals surface area contributed by atoms with Crippen LogP contribution in [0.15, 0.2) is 10.4 Å². The van der Waals surface area contributed by atoms with E-state index in [4.69, 9.17) is 4.74 Å². The number of hydrogen-bond acceptors (Lipinski definition) is 6. The molecule has 0 atom stereocenters. The molecule has 3 heterocycles. The number of aromatic nitrogens is 1. The van der Waals surface area contributed by atoms with Crippen LogP contribution < -0.4 is 10.6 Å². The number of piperidine rings is 1. The summed E-state index contributed by atoms with van der Waals surface area (Å²) in [6, 6.07) is 0.215. The molecule has 31 heavy (non-hydrogen) atoms. The van der Waals surface area contributed by atoms with Crippen molar-refractivity contribution in [2.24, 2.45) is 10.9 Å². The van der Waals surface area contributed by atoms with E-state index in [1.807, 2.05) is 20.8 Å². The molecule has 2 fully saturated rings. The number of nitrogens with zero attached hydrogens (tertiary/aromatic N) is 4. The number of amides is 1. The molecule has 1 amide bonds. The largest absolute Gasteiger partial charge is 0.444 e. The molecule has 0 aliphatic carbocycles. The van der Waals surface area contributed by atoms with Gasteiger partial charge in [0.25, 0.3) is 0 Å². The summed E-state index contributed by atoms with van der Waals surface area (Å²) in [7, 11) is 1.79. The molecule has 0 aromatic carbocycles.